The minimum Gasteiger partial charge on any atom is -0.353 e. The van der Waals surface area contributed by atoms with Gasteiger partial charge in [-0.3, -0.25) is 9.69 Å². The number of thiophene rings is 1. The molecule has 1 aliphatic rings. The minimum absolute atomic E-state index is 0.0118. The van der Waals surface area contributed by atoms with Crippen LogP contribution in [-0.2, 0) is 11.3 Å². The molecule has 0 spiro atoms. The van der Waals surface area contributed by atoms with Gasteiger partial charge in [-0.1, -0.05) is 30.7 Å². The standard InChI is InChI=1S/C20H26N2OS/c1-15(2)21-20(23)19-5-3-4-11-22(19)13-16-6-8-17(9-7-16)18-10-12-24-14-18/h6-10,12,14-15,19H,3-5,11,13H2,1-2H3,(H,21,23). The molecule has 1 aromatic carbocycles. The van der Waals surface area contributed by atoms with E-state index in [2.05, 4.69) is 51.3 Å². The van der Waals surface area contributed by atoms with Crippen LogP contribution in [0, 0.1) is 0 Å². The lowest BCUT2D eigenvalue weighted by Gasteiger charge is -2.35. The summed E-state index contributed by atoms with van der Waals surface area (Å²) in [4.78, 5) is 14.8. The summed E-state index contributed by atoms with van der Waals surface area (Å²) in [5.74, 6) is 0.180. The summed E-state index contributed by atoms with van der Waals surface area (Å²) in [5.41, 5.74) is 3.81. The van der Waals surface area contributed by atoms with Crippen LogP contribution < -0.4 is 5.32 Å². The van der Waals surface area contributed by atoms with Crippen molar-refractivity contribution < 1.29 is 4.79 Å². The monoisotopic (exact) mass is 342 g/mol. The normalized spacial score (nSPS) is 18.7. The van der Waals surface area contributed by atoms with Crippen LogP contribution >= 0.6 is 11.3 Å². The largest absolute Gasteiger partial charge is 0.353 e. The summed E-state index contributed by atoms with van der Waals surface area (Å²) in [6, 6.07) is 11.1. The highest BCUT2D eigenvalue weighted by molar-refractivity contribution is 7.08. The first-order chi connectivity index (χ1) is 11.6. The quantitative estimate of drug-likeness (QED) is 0.879. The predicted octanol–water partition coefficient (Wildman–Crippen LogP) is 4.29. The molecule has 0 bridgehead atoms. The molecule has 4 heteroatoms. The highest BCUT2D eigenvalue weighted by atomic mass is 32.1. The van der Waals surface area contributed by atoms with Crippen LogP contribution in [0.5, 0.6) is 0 Å². The molecule has 1 amide bonds. The Morgan fingerprint density at radius 2 is 2.00 bits per heavy atom. The van der Waals surface area contributed by atoms with Crippen LogP contribution in [0.25, 0.3) is 11.1 Å². The van der Waals surface area contributed by atoms with Gasteiger partial charge < -0.3 is 5.32 Å². The lowest BCUT2D eigenvalue weighted by Crippen LogP contribution is -2.50. The number of carbonyl (C=O) groups excluding carboxylic acids is 1. The Balaban J connectivity index is 1.67. The van der Waals surface area contributed by atoms with Crippen LogP contribution in [0.3, 0.4) is 0 Å². The number of benzene rings is 1. The highest BCUT2D eigenvalue weighted by Gasteiger charge is 2.28. The van der Waals surface area contributed by atoms with Crippen LogP contribution in [-0.4, -0.2) is 29.4 Å². The van der Waals surface area contributed by atoms with E-state index in [1.807, 2.05) is 13.8 Å². The summed E-state index contributed by atoms with van der Waals surface area (Å²) in [6.45, 7) is 5.89. The molecule has 1 aliphatic heterocycles. The molecule has 3 nitrogen and oxygen atoms in total. The zero-order chi connectivity index (χ0) is 16.9. The van der Waals surface area contributed by atoms with Crippen molar-refractivity contribution in [2.75, 3.05) is 6.54 Å². The molecule has 128 valence electrons. The van der Waals surface area contributed by atoms with Gasteiger partial charge in [0.25, 0.3) is 0 Å². The molecule has 1 aromatic heterocycles. The summed E-state index contributed by atoms with van der Waals surface area (Å²) in [5, 5.41) is 7.36. The topological polar surface area (TPSA) is 32.3 Å². The number of nitrogens with zero attached hydrogens (tertiary/aromatic N) is 1. The van der Waals surface area contributed by atoms with E-state index in [0.29, 0.717) is 0 Å². The van der Waals surface area contributed by atoms with E-state index in [0.717, 1.165) is 25.9 Å². The molecule has 24 heavy (non-hydrogen) atoms. The molecule has 1 N–H and O–H groups in total. The fourth-order valence-electron chi connectivity index (χ4n) is 3.32. The maximum Gasteiger partial charge on any atom is 0.237 e. The minimum atomic E-state index is 0.0118. The van der Waals surface area contributed by atoms with E-state index in [1.54, 1.807) is 11.3 Å². The van der Waals surface area contributed by atoms with Crippen molar-refractivity contribution >= 4 is 17.2 Å². The Hall–Kier alpha value is -1.65. The molecular formula is C20H26N2OS. The molecule has 1 fully saturated rings. The van der Waals surface area contributed by atoms with Crippen LogP contribution in [0.1, 0.15) is 38.7 Å². The molecule has 1 unspecified atom stereocenters. The van der Waals surface area contributed by atoms with Gasteiger partial charge >= 0.3 is 0 Å². The van der Waals surface area contributed by atoms with Crippen molar-refractivity contribution in [1.82, 2.24) is 10.2 Å². The number of nitrogens with one attached hydrogen (secondary N) is 1. The van der Waals surface area contributed by atoms with E-state index in [4.69, 9.17) is 0 Å². The van der Waals surface area contributed by atoms with E-state index in [1.165, 1.54) is 23.1 Å². The van der Waals surface area contributed by atoms with Gasteiger partial charge in [-0.25, -0.2) is 0 Å². The van der Waals surface area contributed by atoms with Crippen molar-refractivity contribution in [2.24, 2.45) is 0 Å². The zero-order valence-corrected chi connectivity index (χ0v) is 15.3. The van der Waals surface area contributed by atoms with Gasteiger partial charge in [0.2, 0.25) is 5.91 Å². The smallest absolute Gasteiger partial charge is 0.237 e. The second-order valence-corrected chi connectivity index (χ2v) is 7.63. The highest BCUT2D eigenvalue weighted by Crippen LogP contribution is 2.24. The fourth-order valence-corrected chi connectivity index (χ4v) is 3.99. The van der Waals surface area contributed by atoms with Crippen molar-refractivity contribution in [2.45, 2.75) is 51.7 Å². The first-order valence-electron chi connectivity index (χ1n) is 8.79. The number of piperidine rings is 1. The third-order valence-corrected chi connectivity index (χ3v) is 5.22. The first-order valence-corrected chi connectivity index (χ1v) is 9.73. The van der Waals surface area contributed by atoms with Crippen LogP contribution in [0.4, 0.5) is 0 Å². The molecular weight excluding hydrogens is 316 g/mol. The van der Waals surface area contributed by atoms with Gasteiger partial charge in [0.15, 0.2) is 0 Å². The maximum absolute atomic E-state index is 12.5. The maximum atomic E-state index is 12.5. The molecule has 0 aliphatic carbocycles. The van der Waals surface area contributed by atoms with Crippen molar-refractivity contribution in [3.8, 4) is 11.1 Å². The Morgan fingerprint density at radius 3 is 2.67 bits per heavy atom. The van der Waals surface area contributed by atoms with Crippen LogP contribution in [0.15, 0.2) is 41.1 Å². The summed E-state index contributed by atoms with van der Waals surface area (Å²) < 4.78 is 0. The van der Waals surface area contributed by atoms with Gasteiger partial charge in [-0.15, -0.1) is 0 Å². The molecule has 0 radical (unpaired) electrons. The molecule has 0 saturated carbocycles. The number of amides is 1. The van der Waals surface area contributed by atoms with Gasteiger partial charge in [-0.2, -0.15) is 11.3 Å². The number of rotatable bonds is 5. The summed E-state index contributed by atoms with van der Waals surface area (Å²) in [7, 11) is 0. The summed E-state index contributed by atoms with van der Waals surface area (Å²) in [6.07, 6.45) is 3.29. The summed E-state index contributed by atoms with van der Waals surface area (Å²) >= 11 is 1.72. The Morgan fingerprint density at radius 1 is 1.21 bits per heavy atom. The van der Waals surface area contributed by atoms with Crippen LogP contribution in [0.2, 0.25) is 0 Å². The van der Waals surface area contributed by atoms with Gasteiger partial charge in [0, 0.05) is 12.6 Å². The molecule has 1 saturated heterocycles. The average molecular weight is 343 g/mol. The van der Waals surface area contributed by atoms with Crippen molar-refractivity contribution in [3.63, 3.8) is 0 Å². The third kappa shape index (κ3) is 4.25. The lowest BCUT2D eigenvalue weighted by molar-refractivity contribution is -0.128. The second-order valence-electron chi connectivity index (χ2n) is 6.85. The SMILES string of the molecule is CC(C)NC(=O)C1CCCCN1Cc1ccc(-c2ccsc2)cc1. The second kappa shape index (κ2) is 7.95. The molecule has 2 heterocycles. The molecule has 2 aromatic rings. The lowest BCUT2D eigenvalue weighted by atomic mass is 9.99. The van der Waals surface area contributed by atoms with Crippen molar-refractivity contribution in [3.05, 3.63) is 46.7 Å². The molecule has 3 rings (SSSR count). The van der Waals surface area contributed by atoms with E-state index < -0.39 is 0 Å². The zero-order valence-electron chi connectivity index (χ0n) is 14.5. The number of hydrogen-bond donors (Lipinski definition) is 1. The van der Waals surface area contributed by atoms with E-state index in [9.17, 15) is 4.79 Å². The van der Waals surface area contributed by atoms with Gasteiger partial charge in [0.05, 0.1) is 6.04 Å². The predicted molar refractivity (Wildman–Crippen MR) is 101 cm³/mol. The number of likely N-dealkylation sites (tertiary alicyclic amines) is 1. The Bertz CT molecular complexity index is 649. The average Bonchev–Trinajstić information content (AvgIpc) is 3.10. The first kappa shape index (κ1) is 17.2. The third-order valence-electron chi connectivity index (χ3n) is 4.54. The Kier molecular flexibility index (Phi) is 5.69. The van der Waals surface area contributed by atoms with E-state index >= 15 is 0 Å². The number of carbonyl (C=O) groups is 1. The molecule has 1 atom stereocenters. The van der Waals surface area contributed by atoms with E-state index in [-0.39, 0.29) is 18.0 Å². The Labute approximate surface area is 148 Å². The van der Waals surface area contributed by atoms with Gasteiger partial charge in [0.1, 0.15) is 0 Å². The fraction of sp³-hybridized carbons (Fsp3) is 0.450. The van der Waals surface area contributed by atoms with Crippen molar-refractivity contribution in [1.29, 1.82) is 0 Å². The van der Waals surface area contributed by atoms with Gasteiger partial charge in [-0.05, 0) is 66.8 Å². The number of hydrogen-bond acceptors (Lipinski definition) is 3.